The number of furan rings is 1. The highest BCUT2D eigenvalue weighted by Gasteiger charge is 2.25. The molecule has 1 unspecified atom stereocenters. The first kappa shape index (κ1) is 21.7. The van der Waals surface area contributed by atoms with Crippen molar-refractivity contribution in [3.63, 3.8) is 0 Å². The van der Waals surface area contributed by atoms with E-state index >= 15 is 0 Å². The maximum atomic E-state index is 5.92. The van der Waals surface area contributed by atoms with Gasteiger partial charge in [-0.25, -0.2) is 0 Å². The summed E-state index contributed by atoms with van der Waals surface area (Å²) in [6.45, 7) is 13.4. The van der Waals surface area contributed by atoms with Crippen molar-refractivity contribution in [2.75, 3.05) is 59.2 Å². The van der Waals surface area contributed by atoms with Crippen LogP contribution in [0.5, 0.6) is 0 Å². The lowest BCUT2D eigenvalue weighted by Gasteiger charge is -2.32. The Labute approximate surface area is 163 Å². The molecule has 154 valence electrons. The lowest BCUT2D eigenvalue weighted by atomic mass is 10.1. The van der Waals surface area contributed by atoms with E-state index in [0.717, 1.165) is 82.9 Å². The molecule has 2 heterocycles. The largest absolute Gasteiger partial charge is 0.465 e. The van der Waals surface area contributed by atoms with E-state index in [0.29, 0.717) is 6.54 Å². The number of morpholine rings is 1. The van der Waals surface area contributed by atoms with Crippen LogP contribution in [0.4, 0.5) is 0 Å². The van der Waals surface area contributed by atoms with E-state index in [1.54, 1.807) is 0 Å². The van der Waals surface area contributed by atoms with Crippen LogP contribution >= 0.6 is 0 Å². The number of aryl methyl sites for hydroxylation is 1. The molecule has 0 spiro atoms. The Balaban J connectivity index is 1.93. The Bertz CT molecular complexity index is 541. The standard InChI is InChI=1S/C20H36N4O3/c1-4-21-20(22-10-6-7-13-25-5-2)23-16-18(19-9-8-17(3)27-19)24-11-14-26-15-12-24/h8-9,18H,4-7,10-16H2,1-3H3,(H2,21,22,23). The number of ether oxygens (including phenoxy) is 2. The SMILES string of the molecule is CCNC(=NCC(c1ccc(C)o1)N1CCOCC1)NCCCCOCC. The summed E-state index contributed by atoms with van der Waals surface area (Å²) in [5.74, 6) is 2.77. The number of nitrogens with zero attached hydrogens (tertiary/aromatic N) is 2. The first-order valence-electron chi connectivity index (χ1n) is 10.2. The molecule has 0 amide bonds. The van der Waals surface area contributed by atoms with Crippen molar-refractivity contribution in [2.45, 2.75) is 39.7 Å². The van der Waals surface area contributed by atoms with Crippen LogP contribution in [0.25, 0.3) is 0 Å². The Hall–Kier alpha value is -1.57. The van der Waals surface area contributed by atoms with Crippen LogP contribution in [-0.4, -0.2) is 70.0 Å². The van der Waals surface area contributed by atoms with Gasteiger partial charge in [0.2, 0.25) is 0 Å². The molecule has 1 aromatic rings. The highest BCUT2D eigenvalue weighted by molar-refractivity contribution is 5.79. The summed E-state index contributed by atoms with van der Waals surface area (Å²) in [5.41, 5.74) is 0. The van der Waals surface area contributed by atoms with Gasteiger partial charge in [0, 0.05) is 39.4 Å². The van der Waals surface area contributed by atoms with Gasteiger partial charge in [-0.2, -0.15) is 0 Å². The smallest absolute Gasteiger partial charge is 0.191 e. The molecule has 0 radical (unpaired) electrons. The minimum Gasteiger partial charge on any atom is -0.465 e. The topological polar surface area (TPSA) is 71.3 Å². The first-order valence-corrected chi connectivity index (χ1v) is 10.2. The van der Waals surface area contributed by atoms with Crippen molar-refractivity contribution in [3.05, 3.63) is 23.7 Å². The number of unbranched alkanes of at least 4 members (excludes halogenated alkanes) is 1. The van der Waals surface area contributed by atoms with Crippen molar-refractivity contribution in [1.82, 2.24) is 15.5 Å². The molecule has 7 heteroatoms. The van der Waals surface area contributed by atoms with Gasteiger partial charge < -0.3 is 24.5 Å². The van der Waals surface area contributed by atoms with Crippen LogP contribution < -0.4 is 10.6 Å². The fourth-order valence-corrected chi connectivity index (χ4v) is 3.11. The Kier molecular flexibility index (Phi) is 10.3. The third kappa shape index (κ3) is 7.91. The average molecular weight is 381 g/mol. The van der Waals surface area contributed by atoms with Crippen molar-refractivity contribution in [1.29, 1.82) is 0 Å². The lowest BCUT2D eigenvalue weighted by Crippen LogP contribution is -2.42. The number of aliphatic imine (C=N–C) groups is 1. The van der Waals surface area contributed by atoms with E-state index in [2.05, 4.69) is 28.5 Å². The third-order valence-electron chi connectivity index (χ3n) is 4.55. The van der Waals surface area contributed by atoms with Gasteiger partial charge in [-0.05, 0) is 45.7 Å². The Morgan fingerprint density at radius 1 is 1.22 bits per heavy atom. The van der Waals surface area contributed by atoms with E-state index in [1.165, 1.54) is 0 Å². The van der Waals surface area contributed by atoms with Gasteiger partial charge in [0.1, 0.15) is 11.5 Å². The minimum atomic E-state index is 0.135. The maximum absolute atomic E-state index is 5.92. The highest BCUT2D eigenvalue weighted by atomic mass is 16.5. The quantitative estimate of drug-likeness (QED) is 0.349. The molecule has 1 aliphatic heterocycles. The zero-order valence-corrected chi connectivity index (χ0v) is 17.1. The summed E-state index contributed by atoms with van der Waals surface area (Å²) >= 11 is 0. The van der Waals surface area contributed by atoms with Gasteiger partial charge in [-0.3, -0.25) is 9.89 Å². The van der Waals surface area contributed by atoms with Gasteiger partial charge >= 0.3 is 0 Å². The second-order valence-electron chi connectivity index (χ2n) is 6.66. The molecule has 1 fully saturated rings. The summed E-state index contributed by atoms with van der Waals surface area (Å²) in [4.78, 5) is 7.23. The molecule has 1 saturated heterocycles. The van der Waals surface area contributed by atoms with Crippen LogP contribution in [-0.2, 0) is 9.47 Å². The molecule has 0 bridgehead atoms. The van der Waals surface area contributed by atoms with Crippen molar-refractivity contribution < 1.29 is 13.9 Å². The average Bonchev–Trinajstić information content (AvgIpc) is 3.11. The third-order valence-corrected chi connectivity index (χ3v) is 4.55. The minimum absolute atomic E-state index is 0.135. The van der Waals surface area contributed by atoms with E-state index in [9.17, 15) is 0 Å². The van der Waals surface area contributed by atoms with E-state index in [-0.39, 0.29) is 6.04 Å². The molecule has 0 aromatic carbocycles. The zero-order valence-electron chi connectivity index (χ0n) is 17.1. The molecular weight excluding hydrogens is 344 g/mol. The van der Waals surface area contributed by atoms with Crippen molar-refractivity contribution in [3.8, 4) is 0 Å². The van der Waals surface area contributed by atoms with Gasteiger partial charge in [-0.15, -0.1) is 0 Å². The molecule has 27 heavy (non-hydrogen) atoms. The Morgan fingerprint density at radius 2 is 2.04 bits per heavy atom. The number of hydrogen-bond donors (Lipinski definition) is 2. The summed E-state index contributed by atoms with van der Waals surface area (Å²) < 4.78 is 16.8. The van der Waals surface area contributed by atoms with Crippen LogP contribution in [0.1, 0.15) is 44.3 Å². The summed E-state index contributed by atoms with van der Waals surface area (Å²) in [5, 5.41) is 6.76. The molecular formula is C20H36N4O3. The van der Waals surface area contributed by atoms with Gasteiger partial charge in [-0.1, -0.05) is 0 Å². The summed E-state index contributed by atoms with van der Waals surface area (Å²) in [7, 11) is 0. The predicted octanol–water partition coefficient (Wildman–Crippen LogP) is 2.33. The van der Waals surface area contributed by atoms with Crippen LogP contribution in [0.15, 0.2) is 21.5 Å². The van der Waals surface area contributed by atoms with Gasteiger partial charge in [0.05, 0.1) is 25.8 Å². The van der Waals surface area contributed by atoms with E-state index < -0.39 is 0 Å². The normalized spacial score (nSPS) is 17.1. The molecule has 0 saturated carbocycles. The van der Waals surface area contributed by atoms with Crippen molar-refractivity contribution in [2.24, 2.45) is 4.99 Å². The summed E-state index contributed by atoms with van der Waals surface area (Å²) in [6.07, 6.45) is 2.12. The van der Waals surface area contributed by atoms with E-state index in [1.807, 2.05) is 19.9 Å². The number of rotatable bonds is 11. The van der Waals surface area contributed by atoms with Crippen LogP contribution in [0, 0.1) is 6.92 Å². The number of hydrogen-bond acceptors (Lipinski definition) is 5. The second kappa shape index (κ2) is 12.8. The lowest BCUT2D eigenvalue weighted by molar-refractivity contribution is 0.0135. The fourth-order valence-electron chi connectivity index (χ4n) is 3.11. The molecule has 2 rings (SSSR count). The number of nitrogens with one attached hydrogen (secondary N) is 2. The second-order valence-corrected chi connectivity index (χ2v) is 6.66. The molecule has 1 aromatic heterocycles. The van der Waals surface area contributed by atoms with Crippen LogP contribution in [0.2, 0.25) is 0 Å². The monoisotopic (exact) mass is 380 g/mol. The predicted molar refractivity (Wildman–Crippen MR) is 108 cm³/mol. The maximum Gasteiger partial charge on any atom is 0.191 e. The molecule has 1 atom stereocenters. The molecule has 1 aliphatic rings. The fraction of sp³-hybridized carbons (Fsp3) is 0.750. The van der Waals surface area contributed by atoms with E-state index in [4.69, 9.17) is 18.9 Å². The Morgan fingerprint density at radius 3 is 2.70 bits per heavy atom. The van der Waals surface area contributed by atoms with Gasteiger partial charge in [0.25, 0.3) is 0 Å². The first-order chi connectivity index (χ1) is 13.2. The van der Waals surface area contributed by atoms with Gasteiger partial charge in [0.15, 0.2) is 5.96 Å². The zero-order chi connectivity index (χ0) is 19.3. The highest BCUT2D eigenvalue weighted by Crippen LogP contribution is 2.24. The molecule has 0 aliphatic carbocycles. The molecule has 2 N–H and O–H groups in total. The van der Waals surface area contributed by atoms with Crippen molar-refractivity contribution >= 4 is 5.96 Å². The number of guanidine groups is 1. The molecule has 7 nitrogen and oxygen atoms in total. The summed E-state index contributed by atoms with van der Waals surface area (Å²) in [6, 6.07) is 4.23. The van der Waals surface area contributed by atoms with Crippen LogP contribution in [0.3, 0.4) is 0 Å².